The Kier molecular flexibility index (Phi) is 9.44. The maximum absolute atomic E-state index is 11.1. The molecule has 0 bridgehead atoms. The average Bonchev–Trinajstić information content (AvgIpc) is 3.40. The lowest BCUT2D eigenvalue weighted by Crippen LogP contribution is -3.03. The monoisotopic (exact) mass is 589 g/mol. The second-order valence-electron chi connectivity index (χ2n) is 9.67. The van der Waals surface area contributed by atoms with Crippen molar-refractivity contribution >= 4 is 55.2 Å². The van der Waals surface area contributed by atoms with Crippen molar-refractivity contribution in [3.05, 3.63) is 57.1 Å². The van der Waals surface area contributed by atoms with Gasteiger partial charge >= 0.3 is 0 Å². The van der Waals surface area contributed by atoms with Gasteiger partial charge in [-0.15, -0.1) is 0 Å². The molecule has 1 aliphatic rings. The molecule has 7 nitrogen and oxygen atoms in total. The van der Waals surface area contributed by atoms with Crippen LogP contribution in [0.1, 0.15) is 49.2 Å². The lowest BCUT2D eigenvalue weighted by Gasteiger charge is -2.16. The summed E-state index contributed by atoms with van der Waals surface area (Å²) in [6.45, 7) is 10.2. The number of aromatic nitrogens is 1. The van der Waals surface area contributed by atoms with E-state index < -0.39 is 10.1 Å². The molecule has 0 amide bonds. The van der Waals surface area contributed by atoms with Crippen molar-refractivity contribution < 1.29 is 31.9 Å². The second-order valence-corrected chi connectivity index (χ2v) is 13.3. The zero-order valence-corrected chi connectivity index (χ0v) is 25.9. The molecule has 2 aromatic carbocycles. The number of quaternary nitrogens is 1. The van der Waals surface area contributed by atoms with Gasteiger partial charge in [0.25, 0.3) is 5.01 Å². The molecule has 1 unspecified atom stereocenters. The normalized spacial score (nSPS) is 16.7. The minimum absolute atomic E-state index is 0.337. The van der Waals surface area contributed by atoms with Crippen molar-refractivity contribution in [2.75, 3.05) is 26.5 Å². The van der Waals surface area contributed by atoms with Crippen LogP contribution in [0.5, 0.6) is 11.5 Å². The first-order chi connectivity index (χ1) is 18.6. The predicted molar refractivity (Wildman–Crippen MR) is 158 cm³/mol. The van der Waals surface area contributed by atoms with Crippen molar-refractivity contribution in [2.24, 2.45) is 0 Å². The Morgan fingerprint density at radius 2 is 1.74 bits per heavy atom. The van der Waals surface area contributed by atoms with Gasteiger partial charge in [0, 0.05) is 36.1 Å². The fourth-order valence-electron chi connectivity index (χ4n) is 4.81. The topological polar surface area (TPSA) is 84.0 Å². The molecule has 0 fully saturated rings. The van der Waals surface area contributed by atoms with Crippen LogP contribution in [0.4, 0.5) is 5.69 Å². The number of unbranched alkanes of at least 4 members (excludes halogenated alkanes) is 1. The minimum atomic E-state index is -4.22. The third-order valence-corrected chi connectivity index (χ3v) is 10.1. The summed E-state index contributed by atoms with van der Waals surface area (Å²) in [4.78, 5) is 2.22. The number of aryl methyl sites for hydroxylation is 3. The Balaban J connectivity index is 1.73. The van der Waals surface area contributed by atoms with Gasteiger partial charge in [0.1, 0.15) is 11.2 Å². The van der Waals surface area contributed by atoms with Gasteiger partial charge in [-0.25, -0.2) is 8.42 Å². The lowest BCUT2D eigenvalue weighted by molar-refractivity contribution is -0.780. The quantitative estimate of drug-likeness (QED) is 0.190. The van der Waals surface area contributed by atoms with E-state index in [0.29, 0.717) is 30.9 Å². The first-order valence-corrected chi connectivity index (χ1v) is 16.4. The highest BCUT2D eigenvalue weighted by Gasteiger charge is 2.33. The molecule has 2 heterocycles. The van der Waals surface area contributed by atoms with Gasteiger partial charge in [-0.05, 0) is 74.6 Å². The number of nitrogens with zero attached hydrogens (tertiary/aromatic N) is 1. The number of hydrogen-bond acceptors (Lipinski definition) is 7. The summed E-state index contributed by atoms with van der Waals surface area (Å²) >= 11 is 3.51. The molecule has 1 aliphatic heterocycles. The highest BCUT2D eigenvalue weighted by Crippen LogP contribution is 2.43. The summed E-state index contributed by atoms with van der Waals surface area (Å²) < 4.78 is 48.2. The van der Waals surface area contributed by atoms with Gasteiger partial charge in [-0.1, -0.05) is 18.3 Å². The summed E-state index contributed by atoms with van der Waals surface area (Å²) in [6.07, 6.45) is 6.36. The Labute approximate surface area is 239 Å². The number of allylic oxidation sites excluding steroid dienone is 2. The predicted octanol–water partition coefficient (Wildman–Crippen LogP) is 5.13. The summed E-state index contributed by atoms with van der Waals surface area (Å²) in [6, 6.07) is 8.56. The molecule has 0 saturated carbocycles. The molecule has 1 aromatic heterocycles. The smallest absolute Gasteiger partial charge is 0.263 e. The van der Waals surface area contributed by atoms with Crippen LogP contribution >= 0.6 is 23.1 Å². The van der Waals surface area contributed by atoms with E-state index in [-0.39, 0.29) is 5.75 Å². The van der Waals surface area contributed by atoms with Crippen molar-refractivity contribution in [1.82, 2.24) is 0 Å². The summed E-state index contributed by atoms with van der Waals surface area (Å²) in [5.74, 6) is 0.990. The highest BCUT2D eigenvalue weighted by molar-refractivity contribution is 8.03. The Morgan fingerprint density at radius 1 is 1.05 bits per heavy atom. The van der Waals surface area contributed by atoms with Gasteiger partial charge in [0.2, 0.25) is 5.52 Å². The highest BCUT2D eigenvalue weighted by atomic mass is 32.2. The first kappa shape index (κ1) is 29.6. The van der Waals surface area contributed by atoms with E-state index in [4.69, 9.17) is 9.47 Å². The van der Waals surface area contributed by atoms with Crippen molar-refractivity contribution in [2.45, 2.75) is 58.4 Å². The molecular weight excluding hydrogens is 553 g/mol. The summed E-state index contributed by atoms with van der Waals surface area (Å²) in [5.41, 5.74) is 6.15. The van der Waals surface area contributed by atoms with E-state index in [1.165, 1.54) is 31.9 Å². The number of thioether (sulfide) groups is 1. The van der Waals surface area contributed by atoms with Crippen LogP contribution in [0.2, 0.25) is 0 Å². The Bertz CT molecular complexity index is 1540. The third kappa shape index (κ3) is 6.69. The molecular formula is C29H37N2O5S3+. The van der Waals surface area contributed by atoms with Crippen molar-refractivity contribution in [1.29, 1.82) is 0 Å². The van der Waals surface area contributed by atoms with Crippen molar-refractivity contribution in [3.8, 4) is 11.5 Å². The number of ether oxygens (including phenoxy) is 2. The van der Waals surface area contributed by atoms with Crippen LogP contribution < -0.4 is 18.9 Å². The van der Waals surface area contributed by atoms with Gasteiger partial charge < -0.3 is 14.0 Å². The maximum Gasteiger partial charge on any atom is 0.263 e. The largest absolute Gasteiger partial charge is 0.748 e. The standard InChI is InChI=1S/C29H36N2O5S3/c1-7-21(15-28-30(8-2)22-13-19(3)20(4)14-26(22)37-28)16-29-31(11-9-10-12-39(32,33)34)23-17-24(35-5)25(36-6)18-27(23)38-29/h13-18H,7-12H2,1-6H3/p+1. The molecule has 0 saturated heterocycles. The summed E-state index contributed by atoms with van der Waals surface area (Å²) in [5, 5.41) is 2.35. The summed E-state index contributed by atoms with van der Waals surface area (Å²) in [7, 11) is -0.970. The van der Waals surface area contributed by atoms with E-state index in [9.17, 15) is 13.0 Å². The molecule has 39 heavy (non-hydrogen) atoms. The van der Waals surface area contributed by atoms with E-state index in [2.05, 4.69) is 56.5 Å². The fraction of sp³-hybridized carbons (Fsp3) is 0.414. The lowest BCUT2D eigenvalue weighted by atomic mass is 10.1. The van der Waals surface area contributed by atoms with Crippen molar-refractivity contribution in [3.63, 3.8) is 0 Å². The van der Waals surface area contributed by atoms with E-state index >= 15 is 0 Å². The number of rotatable bonds is 11. The fourth-order valence-corrected chi connectivity index (χ4v) is 7.89. The molecule has 1 atom stereocenters. The second kappa shape index (κ2) is 12.4. The van der Waals surface area contributed by atoms with Gasteiger partial charge in [0.15, 0.2) is 22.2 Å². The first-order valence-electron chi connectivity index (χ1n) is 13.2. The van der Waals surface area contributed by atoms with Crippen LogP contribution in [0, 0.1) is 13.8 Å². The molecule has 0 radical (unpaired) electrons. The van der Waals surface area contributed by atoms with Crippen LogP contribution in [-0.2, 0) is 16.7 Å². The number of thiazole rings is 1. The molecule has 210 valence electrons. The number of hydrogen-bond donors (Lipinski definition) is 1. The molecule has 1 N–H and O–H groups in total. The zero-order valence-electron chi connectivity index (χ0n) is 23.4. The molecule has 0 aliphatic carbocycles. The molecule has 10 heteroatoms. The minimum Gasteiger partial charge on any atom is -0.748 e. The van der Waals surface area contributed by atoms with Gasteiger partial charge in [0.05, 0.1) is 35.8 Å². The molecule has 4 rings (SSSR count). The average molecular weight is 590 g/mol. The van der Waals surface area contributed by atoms with E-state index in [1.807, 2.05) is 23.5 Å². The van der Waals surface area contributed by atoms with Gasteiger partial charge in [-0.3, -0.25) is 4.90 Å². The third-order valence-electron chi connectivity index (χ3n) is 7.10. The van der Waals surface area contributed by atoms with E-state index in [0.717, 1.165) is 33.5 Å². The van der Waals surface area contributed by atoms with Crippen LogP contribution in [0.25, 0.3) is 16.3 Å². The number of methoxy groups -OCH3 is 2. The SMILES string of the molecule is CCC(=Cc1sc2cc(C)c(C)cc2[n+]1CC)C=C1Sc2cc(OC)c(OC)cc2[NH+]1CCCCS(=O)(=O)[O-]. The van der Waals surface area contributed by atoms with Crippen LogP contribution in [0.15, 0.2) is 45.8 Å². The van der Waals surface area contributed by atoms with Crippen LogP contribution in [-0.4, -0.2) is 39.5 Å². The number of nitrogens with one attached hydrogen (secondary N) is 1. The maximum atomic E-state index is 11.1. The number of fused-ring (bicyclic) bond motifs is 2. The number of benzene rings is 2. The Hall–Kier alpha value is -2.37. The van der Waals surface area contributed by atoms with Gasteiger partial charge in [-0.2, -0.15) is 4.57 Å². The zero-order chi connectivity index (χ0) is 28.3. The molecule has 0 spiro atoms. The molecule has 3 aromatic rings. The van der Waals surface area contributed by atoms with Crippen LogP contribution in [0.3, 0.4) is 0 Å². The Morgan fingerprint density at radius 3 is 2.38 bits per heavy atom. The van der Waals surface area contributed by atoms with E-state index in [1.54, 1.807) is 26.0 Å².